The molecule has 1 saturated heterocycles. The van der Waals surface area contributed by atoms with E-state index in [0.29, 0.717) is 37.0 Å². The predicted molar refractivity (Wildman–Crippen MR) is 59.4 cm³/mol. The highest BCUT2D eigenvalue weighted by molar-refractivity contribution is 8.78. The third-order valence-corrected chi connectivity index (χ3v) is 6.39. The molecule has 0 unspecified atom stereocenters. The van der Waals surface area contributed by atoms with Crippen molar-refractivity contribution in [2.75, 3.05) is 32.1 Å². The van der Waals surface area contributed by atoms with Crippen LogP contribution in [0.3, 0.4) is 0 Å². The highest BCUT2D eigenvalue weighted by Gasteiger charge is 2.29. The van der Waals surface area contributed by atoms with Crippen LogP contribution in [-0.2, 0) is 14.8 Å². The predicted octanol–water partition coefficient (Wildman–Crippen LogP) is 0.885. The molecule has 80 valence electrons. The Balaban J connectivity index is 2.14. The molecule has 0 aromatic rings. The van der Waals surface area contributed by atoms with Crippen LogP contribution < -0.4 is 0 Å². The minimum absolute atomic E-state index is 0.481. The number of hydrogen-bond donors (Lipinski definition) is 0. The summed E-state index contributed by atoms with van der Waals surface area (Å²) in [7, 11) is -0.138. The molecule has 2 heterocycles. The summed E-state index contributed by atoms with van der Waals surface area (Å²) in [4.78, 5) is 0.536. The van der Waals surface area contributed by atoms with Crippen molar-refractivity contribution < 1.29 is 13.2 Å². The Morgan fingerprint density at radius 2 is 2.07 bits per heavy atom. The van der Waals surface area contributed by atoms with E-state index in [1.54, 1.807) is 16.2 Å². The number of morpholine rings is 1. The fourth-order valence-electron chi connectivity index (χ4n) is 1.30. The largest absolute Gasteiger partial charge is 0.379 e. The Morgan fingerprint density at radius 1 is 1.36 bits per heavy atom. The average Bonchev–Trinajstić information content (AvgIpc) is 2.72. The summed E-state index contributed by atoms with van der Waals surface area (Å²) in [6.07, 6.45) is 0. The highest BCUT2D eigenvalue weighted by atomic mass is 33.1. The lowest BCUT2D eigenvalue weighted by atomic mass is 10.5. The SMILES string of the molecule is O=S(=O)(C1=CSSC1)N1CCOCC1. The minimum atomic E-state index is -3.19. The lowest BCUT2D eigenvalue weighted by molar-refractivity contribution is 0.0734. The normalized spacial score (nSPS) is 25.0. The van der Waals surface area contributed by atoms with Crippen LogP contribution in [0.2, 0.25) is 0 Å². The van der Waals surface area contributed by atoms with Gasteiger partial charge in [0, 0.05) is 18.8 Å². The minimum Gasteiger partial charge on any atom is -0.379 e. The van der Waals surface area contributed by atoms with E-state index in [1.165, 1.54) is 15.1 Å². The fourth-order valence-corrected chi connectivity index (χ4v) is 5.84. The van der Waals surface area contributed by atoms with Gasteiger partial charge in [0.2, 0.25) is 10.0 Å². The van der Waals surface area contributed by atoms with E-state index in [1.807, 2.05) is 0 Å². The monoisotopic (exact) mass is 253 g/mol. The van der Waals surface area contributed by atoms with Gasteiger partial charge < -0.3 is 4.74 Å². The van der Waals surface area contributed by atoms with Gasteiger partial charge in [0.05, 0.1) is 18.1 Å². The van der Waals surface area contributed by atoms with Gasteiger partial charge in [-0.15, -0.1) is 0 Å². The Hall–Kier alpha value is 0.310. The van der Waals surface area contributed by atoms with Gasteiger partial charge in [-0.3, -0.25) is 0 Å². The molecule has 7 heteroatoms. The molecule has 0 spiro atoms. The number of ether oxygens (including phenoxy) is 1. The molecule has 0 aliphatic carbocycles. The summed E-state index contributed by atoms with van der Waals surface area (Å²) >= 11 is 0. The smallest absolute Gasteiger partial charge is 0.240 e. The van der Waals surface area contributed by atoms with Crippen LogP contribution in [0.4, 0.5) is 0 Å². The first-order chi connectivity index (χ1) is 6.71. The summed E-state index contributed by atoms with van der Waals surface area (Å²) in [6.45, 7) is 1.98. The first kappa shape index (κ1) is 10.8. The van der Waals surface area contributed by atoms with E-state index in [-0.39, 0.29) is 0 Å². The molecule has 0 N–H and O–H groups in total. The van der Waals surface area contributed by atoms with E-state index < -0.39 is 10.0 Å². The number of sulfonamides is 1. The van der Waals surface area contributed by atoms with Crippen LogP contribution >= 0.6 is 21.6 Å². The number of rotatable bonds is 2. The molecule has 2 aliphatic heterocycles. The molecule has 0 aromatic heterocycles. The summed E-state index contributed by atoms with van der Waals surface area (Å²) < 4.78 is 30.6. The van der Waals surface area contributed by atoms with Gasteiger partial charge in [0.25, 0.3) is 0 Å². The van der Waals surface area contributed by atoms with E-state index in [4.69, 9.17) is 4.74 Å². The number of nitrogens with zero attached hydrogens (tertiary/aromatic N) is 1. The highest BCUT2D eigenvalue weighted by Crippen LogP contribution is 2.37. The quantitative estimate of drug-likeness (QED) is 0.684. The van der Waals surface area contributed by atoms with Gasteiger partial charge in [0.15, 0.2) is 0 Å². The second kappa shape index (κ2) is 4.44. The fraction of sp³-hybridized carbons (Fsp3) is 0.714. The van der Waals surface area contributed by atoms with Crippen LogP contribution in [-0.4, -0.2) is 44.8 Å². The van der Waals surface area contributed by atoms with Crippen molar-refractivity contribution in [1.82, 2.24) is 4.31 Å². The molecule has 0 atom stereocenters. The van der Waals surface area contributed by atoms with E-state index in [0.717, 1.165) is 0 Å². The summed E-state index contributed by atoms with van der Waals surface area (Å²) in [5, 5.41) is 1.73. The van der Waals surface area contributed by atoms with Crippen molar-refractivity contribution in [3.05, 3.63) is 10.3 Å². The zero-order valence-electron chi connectivity index (χ0n) is 7.51. The number of hydrogen-bond acceptors (Lipinski definition) is 5. The molecular weight excluding hydrogens is 242 g/mol. The van der Waals surface area contributed by atoms with Crippen LogP contribution in [0.1, 0.15) is 0 Å². The molecule has 0 bridgehead atoms. The summed E-state index contributed by atoms with van der Waals surface area (Å²) in [6, 6.07) is 0. The van der Waals surface area contributed by atoms with E-state index in [2.05, 4.69) is 0 Å². The molecule has 0 amide bonds. The second-order valence-corrected chi connectivity index (χ2v) is 7.19. The molecule has 0 aromatic carbocycles. The van der Waals surface area contributed by atoms with Crippen LogP contribution in [0.25, 0.3) is 0 Å². The maximum Gasteiger partial charge on any atom is 0.240 e. The molecular formula is C7H11NO3S3. The maximum absolute atomic E-state index is 12.0. The molecule has 1 fully saturated rings. The molecule has 4 nitrogen and oxygen atoms in total. The maximum atomic E-state index is 12.0. The van der Waals surface area contributed by atoms with Gasteiger partial charge in [-0.1, -0.05) is 21.6 Å². The molecule has 0 saturated carbocycles. The Morgan fingerprint density at radius 3 is 2.64 bits per heavy atom. The third kappa shape index (κ3) is 2.11. The van der Waals surface area contributed by atoms with Crippen molar-refractivity contribution in [2.24, 2.45) is 0 Å². The molecule has 2 rings (SSSR count). The Bertz CT molecular complexity index is 332. The van der Waals surface area contributed by atoms with Gasteiger partial charge >= 0.3 is 0 Å². The van der Waals surface area contributed by atoms with E-state index >= 15 is 0 Å². The average molecular weight is 253 g/mol. The first-order valence-electron chi connectivity index (χ1n) is 4.26. The van der Waals surface area contributed by atoms with Crippen LogP contribution in [0.15, 0.2) is 10.3 Å². The Kier molecular flexibility index (Phi) is 3.43. The van der Waals surface area contributed by atoms with Crippen molar-refractivity contribution in [1.29, 1.82) is 0 Å². The standard InChI is InChI=1S/C7H11NO3S3/c9-14(10,7-5-12-13-6-7)8-1-3-11-4-2-8/h5H,1-4,6H2. The van der Waals surface area contributed by atoms with Gasteiger partial charge in [-0.2, -0.15) is 4.31 Å². The van der Waals surface area contributed by atoms with Gasteiger partial charge in [0.1, 0.15) is 0 Å². The van der Waals surface area contributed by atoms with Crippen LogP contribution in [0.5, 0.6) is 0 Å². The van der Waals surface area contributed by atoms with Crippen LogP contribution in [0, 0.1) is 0 Å². The zero-order valence-corrected chi connectivity index (χ0v) is 9.96. The topological polar surface area (TPSA) is 46.6 Å². The summed E-state index contributed by atoms with van der Waals surface area (Å²) in [5.74, 6) is 0.588. The molecule has 2 aliphatic rings. The van der Waals surface area contributed by atoms with Crippen molar-refractivity contribution >= 4 is 31.6 Å². The van der Waals surface area contributed by atoms with Crippen molar-refractivity contribution in [3.63, 3.8) is 0 Å². The molecule has 14 heavy (non-hydrogen) atoms. The Labute approximate surface area is 91.5 Å². The second-order valence-electron chi connectivity index (χ2n) is 2.96. The summed E-state index contributed by atoms with van der Waals surface area (Å²) in [5.41, 5.74) is 0. The lowest BCUT2D eigenvalue weighted by Gasteiger charge is -2.26. The van der Waals surface area contributed by atoms with Crippen molar-refractivity contribution in [3.8, 4) is 0 Å². The van der Waals surface area contributed by atoms with Gasteiger partial charge in [-0.25, -0.2) is 8.42 Å². The van der Waals surface area contributed by atoms with E-state index in [9.17, 15) is 8.42 Å². The zero-order chi connectivity index (χ0) is 10.0. The first-order valence-corrected chi connectivity index (χ1v) is 8.09. The molecule has 0 radical (unpaired) electrons. The van der Waals surface area contributed by atoms with Gasteiger partial charge in [-0.05, 0) is 5.41 Å². The van der Waals surface area contributed by atoms with Crippen molar-refractivity contribution in [2.45, 2.75) is 0 Å². The lowest BCUT2D eigenvalue weighted by Crippen LogP contribution is -2.41. The third-order valence-electron chi connectivity index (χ3n) is 2.09.